The summed E-state index contributed by atoms with van der Waals surface area (Å²) in [5.74, 6) is 1.84. The summed E-state index contributed by atoms with van der Waals surface area (Å²) in [5.41, 5.74) is 6.03. The summed E-state index contributed by atoms with van der Waals surface area (Å²) in [6, 6.07) is 0.692. The van der Waals surface area contributed by atoms with Gasteiger partial charge in [-0.1, -0.05) is 26.2 Å². The van der Waals surface area contributed by atoms with Crippen LogP contribution in [0.1, 0.15) is 51.9 Å². The molecule has 1 saturated carbocycles. The van der Waals surface area contributed by atoms with Gasteiger partial charge in [0.2, 0.25) is 0 Å². The van der Waals surface area contributed by atoms with Gasteiger partial charge in [-0.15, -0.1) is 0 Å². The van der Waals surface area contributed by atoms with Crippen LogP contribution >= 0.6 is 0 Å². The van der Waals surface area contributed by atoms with E-state index in [4.69, 9.17) is 5.73 Å². The molecule has 0 aromatic carbocycles. The molecule has 0 amide bonds. The molecular weight excluding hydrogens is 196 g/mol. The molecule has 0 bridgehead atoms. The largest absolute Gasteiger partial charge is 0.329 e. The number of nitrogens with zero attached hydrogens (tertiary/aromatic N) is 1. The highest BCUT2D eigenvalue weighted by atomic mass is 15.2. The van der Waals surface area contributed by atoms with Crippen LogP contribution in [0.15, 0.2) is 0 Å². The highest BCUT2D eigenvalue weighted by molar-refractivity contribution is 4.86. The number of hydrogen-bond acceptors (Lipinski definition) is 2. The summed E-state index contributed by atoms with van der Waals surface area (Å²) < 4.78 is 0. The zero-order chi connectivity index (χ0) is 11.4. The van der Waals surface area contributed by atoms with E-state index in [1.54, 1.807) is 0 Å². The normalized spacial score (nSPS) is 30.8. The number of rotatable bonds is 4. The lowest BCUT2D eigenvalue weighted by atomic mass is 9.90. The van der Waals surface area contributed by atoms with Gasteiger partial charge in [-0.05, 0) is 44.1 Å². The van der Waals surface area contributed by atoms with Crippen molar-refractivity contribution in [1.82, 2.24) is 4.90 Å². The van der Waals surface area contributed by atoms with Crippen molar-refractivity contribution in [3.05, 3.63) is 0 Å². The first-order chi connectivity index (χ1) is 7.85. The van der Waals surface area contributed by atoms with E-state index in [0.29, 0.717) is 6.04 Å². The number of hydrogen-bond donors (Lipinski definition) is 1. The summed E-state index contributed by atoms with van der Waals surface area (Å²) >= 11 is 0. The lowest BCUT2D eigenvalue weighted by Gasteiger charge is -2.40. The third-order valence-corrected chi connectivity index (χ3v) is 4.78. The maximum atomic E-state index is 6.03. The second-order valence-electron chi connectivity index (χ2n) is 5.76. The zero-order valence-electron chi connectivity index (χ0n) is 10.8. The Hall–Kier alpha value is -0.0800. The summed E-state index contributed by atoms with van der Waals surface area (Å²) in [5, 5.41) is 0. The van der Waals surface area contributed by atoms with Gasteiger partial charge in [-0.2, -0.15) is 0 Å². The van der Waals surface area contributed by atoms with E-state index in [0.717, 1.165) is 18.4 Å². The van der Waals surface area contributed by atoms with Crippen LogP contribution in [-0.2, 0) is 0 Å². The number of likely N-dealkylation sites (tertiary alicyclic amines) is 1. The molecule has 0 radical (unpaired) electrons. The van der Waals surface area contributed by atoms with E-state index in [-0.39, 0.29) is 0 Å². The van der Waals surface area contributed by atoms with Gasteiger partial charge >= 0.3 is 0 Å². The maximum absolute atomic E-state index is 6.03. The Bertz CT molecular complexity index is 199. The molecule has 2 aliphatic rings. The van der Waals surface area contributed by atoms with Crippen LogP contribution in [0.3, 0.4) is 0 Å². The standard InChI is InChI=1S/C14H28N2/c1-2-12-6-5-9-16(11-12)14(10-15)13-7-3-4-8-13/h12-14H,2-11,15H2,1H3. The molecular formula is C14H28N2. The molecule has 2 atom stereocenters. The van der Waals surface area contributed by atoms with Crippen LogP contribution < -0.4 is 5.73 Å². The van der Waals surface area contributed by atoms with Crippen molar-refractivity contribution < 1.29 is 0 Å². The van der Waals surface area contributed by atoms with Crippen molar-refractivity contribution in [3.8, 4) is 0 Å². The van der Waals surface area contributed by atoms with E-state index in [1.165, 1.54) is 58.0 Å². The van der Waals surface area contributed by atoms with Crippen LogP contribution in [0.4, 0.5) is 0 Å². The SMILES string of the molecule is CCC1CCCN(C(CN)C2CCCC2)C1. The monoisotopic (exact) mass is 224 g/mol. The topological polar surface area (TPSA) is 29.3 Å². The fourth-order valence-electron chi connectivity index (χ4n) is 3.71. The van der Waals surface area contributed by atoms with Crippen molar-refractivity contribution in [3.63, 3.8) is 0 Å². The molecule has 2 N–H and O–H groups in total. The minimum Gasteiger partial charge on any atom is -0.329 e. The molecule has 2 unspecified atom stereocenters. The van der Waals surface area contributed by atoms with E-state index in [2.05, 4.69) is 11.8 Å². The smallest absolute Gasteiger partial charge is 0.0246 e. The third-order valence-electron chi connectivity index (χ3n) is 4.78. The Balaban J connectivity index is 1.91. The first kappa shape index (κ1) is 12.4. The predicted molar refractivity (Wildman–Crippen MR) is 69.4 cm³/mol. The van der Waals surface area contributed by atoms with Crippen molar-refractivity contribution >= 4 is 0 Å². The van der Waals surface area contributed by atoms with Gasteiger partial charge in [0.05, 0.1) is 0 Å². The van der Waals surface area contributed by atoms with Gasteiger partial charge in [0.15, 0.2) is 0 Å². The fraction of sp³-hybridized carbons (Fsp3) is 1.00. The number of nitrogens with two attached hydrogens (primary N) is 1. The van der Waals surface area contributed by atoms with Gasteiger partial charge in [0, 0.05) is 19.1 Å². The average molecular weight is 224 g/mol. The first-order valence-corrected chi connectivity index (χ1v) is 7.29. The Morgan fingerprint density at radius 3 is 2.56 bits per heavy atom. The van der Waals surface area contributed by atoms with E-state index in [9.17, 15) is 0 Å². The van der Waals surface area contributed by atoms with Crippen LogP contribution in [0, 0.1) is 11.8 Å². The Morgan fingerprint density at radius 2 is 1.94 bits per heavy atom. The molecule has 16 heavy (non-hydrogen) atoms. The van der Waals surface area contributed by atoms with Gasteiger partial charge < -0.3 is 5.73 Å². The quantitative estimate of drug-likeness (QED) is 0.795. The molecule has 2 heteroatoms. The molecule has 0 spiro atoms. The van der Waals surface area contributed by atoms with Gasteiger partial charge in [0.1, 0.15) is 0 Å². The maximum Gasteiger partial charge on any atom is 0.0246 e. The highest BCUT2D eigenvalue weighted by Gasteiger charge is 2.31. The average Bonchev–Trinajstić information content (AvgIpc) is 2.84. The van der Waals surface area contributed by atoms with E-state index < -0.39 is 0 Å². The minimum atomic E-state index is 0.692. The molecule has 2 fully saturated rings. The van der Waals surface area contributed by atoms with E-state index in [1.807, 2.05) is 0 Å². The van der Waals surface area contributed by atoms with Crippen molar-refractivity contribution in [2.24, 2.45) is 17.6 Å². The molecule has 1 heterocycles. The Morgan fingerprint density at radius 1 is 1.19 bits per heavy atom. The molecule has 1 aliphatic heterocycles. The molecule has 2 nitrogen and oxygen atoms in total. The van der Waals surface area contributed by atoms with Crippen LogP contribution in [0.25, 0.3) is 0 Å². The minimum absolute atomic E-state index is 0.692. The molecule has 1 aliphatic carbocycles. The van der Waals surface area contributed by atoms with Crippen molar-refractivity contribution in [1.29, 1.82) is 0 Å². The summed E-state index contributed by atoms with van der Waals surface area (Å²) in [7, 11) is 0. The van der Waals surface area contributed by atoms with Crippen LogP contribution in [0.5, 0.6) is 0 Å². The molecule has 94 valence electrons. The summed E-state index contributed by atoms with van der Waals surface area (Å²) in [6.45, 7) is 5.83. The Labute approximate surface area is 101 Å². The highest BCUT2D eigenvalue weighted by Crippen LogP contribution is 2.32. The van der Waals surface area contributed by atoms with E-state index >= 15 is 0 Å². The van der Waals surface area contributed by atoms with Crippen LogP contribution in [0.2, 0.25) is 0 Å². The zero-order valence-corrected chi connectivity index (χ0v) is 10.8. The van der Waals surface area contributed by atoms with Crippen molar-refractivity contribution in [2.75, 3.05) is 19.6 Å². The molecule has 0 aromatic rings. The third kappa shape index (κ3) is 2.78. The first-order valence-electron chi connectivity index (χ1n) is 7.29. The molecule has 1 saturated heterocycles. The van der Waals surface area contributed by atoms with Crippen LogP contribution in [-0.4, -0.2) is 30.6 Å². The Kier molecular flexibility index (Phi) is 4.66. The molecule has 0 aromatic heterocycles. The predicted octanol–water partition coefficient (Wildman–Crippen LogP) is 2.63. The van der Waals surface area contributed by atoms with Gasteiger partial charge in [-0.25, -0.2) is 0 Å². The van der Waals surface area contributed by atoms with Gasteiger partial charge in [-0.3, -0.25) is 4.90 Å². The van der Waals surface area contributed by atoms with Crippen molar-refractivity contribution in [2.45, 2.75) is 57.9 Å². The summed E-state index contributed by atoms with van der Waals surface area (Å²) in [4.78, 5) is 2.72. The lowest BCUT2D eigenvalue weighted by Crippen LogP contribution is -2.49. The fourth-order valence-corrected chi connectivity index (χ4v) is 3.71. The number of piperidine rings is 1. The second kappa shape index (κ2) is 6.02. The summed E-state index contributed by atoms with van der Waals surface area (Å²) in [6.07, 6.45) is 9.90. The van der Waals surface area contributed by atoms with Gasteiger partial charge in [0.25, 0.3) is 0 Å². The lowest BCUT2D eigenvalue weighted by molar-refractivity contribution is 0.0904. The second-order valence-corrected chi connectivity index (χ2v) is 5.76. The molecule has 2 rings (SSSR count).